The van der Waals surface area contributed by atoms with Gasteiger partial charge in [0.25, 0.3) is 0 Å². The molecule has 4 nitrogen and oxygen atoms in total. The van der Waals surface area contributed by atoms with E-state index in [1.165, 1.54) is 0 Å². The second kappa shape index (κ2) is 6.87. The highest BCUT2D eigenvalue weighted by atomic mass is 79.9. The average molecular weight is 299 g/mol. The molecule has 15 heavy (non-hydrogen) atoms. The largest absolute Gasteiger partial charge is 0.466 e. The highest BCUT2D eigenvalue weighted by molar-refractivity contribution is 9.10. The molecule has 0 radical (unpaired) electrons. The molecule has 1 aromatic rings. The second-order valence-electron chi connectivity index (χ2n) is 2.76. The van der Waals surface area contributed by atoms with E-state index in [1.807, 2.05) is 0 Å². The van der Waals surface area contributed by atoms with Crippen molar-refractivity contribution in [2.75, 3.05) is 6.61 Å². The van der Waals surface area contributed by atoms with E-state index in [0.717, 1.165) is 0 Å². The number of nitrogens with two attached hydrogens (primary N) is 1. The van der Waals surface area contributed by atoms with E-state index in [2.05, 4.69) is 15.9 Å². The SMILES string of the molecule is CCOC(=O)C[C@@H](N)c1ccc(Br)o1.Cl. The quantitative estimate of drug-likeness (QED) is 0.867. The number of rotatable bonds is 4. The molecule has 1 heterocycles. The van der Waals surface area contributed by atoms with Gasteiger partial charge in [-0.25, -0.2) is 0 Å². The monoisotopic (exact) mass is 297 g/mol. The summed E-state index contributed by atoms with van der Waals surface area (Å²) in [6.07, 6.45) is 0.133. The Morgan fingerprint density at radius 1 is 1.67 bits per heavy atom. The van der Waals surface area contributed by atoms with Gasteiger partial charge in [0.05, 0.1) is 19.1 Å². The molecule has 0 spiro atoms. The van der Waals surface area contributed by atoms with Crippen molar-refractivity contribution in [3.05, 3.63) is 22.6 Å². The maximum absolute atomic E-state index is 11.1. The lowest BCUT2D eigenvalue weighted by Crippen LogP contribution is -2.16. The van der Waals surface area contributed by atoms with Gasteiger partial charge in [0.15, 0.2) is 4.67 Å². The van der Waals surface area contributed by atoms with Crippen molar-refractivity contribution in [3.63, 3.8) is 0 Å². The van der Waals surface area contributed by atoms with Crippen molar-refractivity contribution in [1.29, 1.82) is 0 Å². The predicted octanol–water partition coefficient (Wildman–Crippen LogP) is 2.42. The Morgan fingerprint density at radius 2 is 2.33 bits per heavy atom. The van der Waals surface area contributed by atoms with Gasteiger partial charge in [-0.05, 0) is 35.0 Å². The number of ether oxygens (including phenoxy) is 1. The summed E-state index contributed by atoms with van der Waals surface area (Å²) in [6.45, 7) is 2.13. The van der Waals surface area contributed by atoms with E-state index in [4.69, 9.17) is 14.9 Å². The molecule has 0 aromatic carbocycles. The number of halogens is 2. The molecule has 86 valence electrons. The number of hydrogen-bond donors (Lipinski definition) is 1. The Labute approximate surface area is 103 Å². The zero-order valence-electron chi connectivity index (χ0n) is 8.23. The standard InChI is InChI=1S/C9H12BrNO3.ClH/c1-2-13-9(12)5-6(11)7-3-4-8(10)14-7;/h3-4,6H,2,5,11H2,1H3;1H/t6-;/m1./s1. The summed E-state index contributed by atoms with van der Waals surface area (Å²) >= 11 is 3.16. The minimum absolute atomic E-state index is 0. The normalized spacial score (nSPS) is 11.7. The molecule has 0 bridgehead atoms. The van der Waals surface area contributed by atoms with Gasteiger partial charge in [-0.1, -0.05) is 0 Å². The van der Waals surface area contributed by atoms with Crippen LogP contribution < -0.4 is 5.73 Å². The lowest BCUT2D eigenvalue weighted by molar-refractivity contribution is -0.143. The van der Waals surface area contributed by atoms with E-state index >= 15 is 0 Å². The van der Waals surface area contributed by atoms with Crippen molar-refractivity contribution in [2.24, 2.45) is 5.73 Å². The van der Waals surface area contributed by atoms with Gasteiger partial charge in [-0.2, -0.15) is 0 Å². The summed E-state index contributed by atoms with van der Waals surface area (Å²) < 4.78 is 10.6. The fourth-order valence-corrected chi connectivity index (χ4v) is 1.35. The zero-order valence-corrected chi connectivity index (χ0v) is 10.6. The third kappa shape index (κ3) is 4.68. The first-order chi connectivity index (χ1) is 6.63. The van der Waals surface area contributed by atoms with Gasteiger partial charge in [0.1, 0.15) is 5.76 Å². The highest BCUT2D eigenvalue weighted by Gasteiger charge is 2.15. The van der Waals surface area contributed by atoms with Gasteiger partial charge in [0.2, 0.25) is 0 Å². The molecule has 0 saturated heterocycles. The van der Waals surface area contributed by atoms with Gasteiger partial charge in [-0.15, -0.1) is 12.4 Å². The molecule has 0 fully saturated rings. The number of esters is 1. The molecular weight excluding hydrogens is 285 g/mol. The molecule has 0 aliphatic carbocycles. The number of carbonyl (C=O) groups is 1. The van der Waals surface area contributed by atoms with Gasteiger partial charge < -0.3 is 14.9 Å². The smallest absolute Gasteiger partial charge is 0.307 e. The Balaban J connectivity index is 0.00000196. The maximum Gasteiger partial charge on any atom is 0.307 e. The van der Waals surface area contributed by atoms with Crippen LogP contribution in [0.3, 0.4) is 0 Å². The first-order valence-corrected chi connectivity index (χ1v) is 5.09. The van der Waals surface area contributed by atoms with E-state index in [1.54, 1.807) is 19.1 Å². The first kappa shape index (κ1) is 14.5. The molecule has 1 rings (SSSR count). The topological polar surface area (TPSA) is 65.5 Å². The molecule has 1 atom stereocenters. The van der Waals surface area contributed by atoms with Crippen LogP contribution in [0.15, 0.2) is 21.2 Å². The molecule has 0 aliphatic heterocycles. The predicted molar refractivity (Wildman–Crippen MR) is 61.8 cm³/mol. The van der Waals surface area contributed by atoms with Crippen molar-refractivity contribution >= 4 is 34.3 Å². The fraction of sp³-hybridized carbons (Fsp3) is 0.444. The van der Waals surface area contributed by atoms with Gasteiger partial charge in [-0.3, -0.25) is 4.79 Å². The number of hydrogen-bond acceptors (Lipinski definition) is 4. The molecule has 6 heteroatoms. The van der Waals surface area contributed by atoms with E-state index in [9.17, 15) is 4.79 Å². The summed E-state index contributed by atoms with van der Waals surface area (Å²) in [5.74, 6) is 0.262. The van der Waals surface area contributed by atoms with Crippen molar-refractivity contribution in [3.8, 4) is 0 Å². The van der Waals surface area contributed by atoms with Crippen LogP contribution in [0.4, 0.5) is 0 Å². The Morgan fingerprint density at radius 3 is 2.80 bits per heavy atom. The zero-order chi connectivity index (χ0) is 10.6. The first-order valence-electron chi connectivity index (χ1n) is 4.30. The van der Waals surface area contributed by atoms with Crippen LogP contribution >= 0.6 is 28.3 Å². The van der Waals surface area contributed by atoms with Crippen molar-refractivity contribution in [1.82, 2.24) is 0 Å². The molecule has 2 N–H and O–H groups in total. The molecule has 1 aromatic heterocycles. The molecule has 0 saturated carbocycles. The van der Waals surface area contributed by atoms with Crippen molar-refractivity contribution < 1.29 is 13.9 Å². The lowest BCUT2D eigenvalue weighted by atomic mass is 10.2. The number of furan rings is 1. The second-order valence-corrected chi connectivity index (χ2v) is 3.54. The van der Waals surface area contributed by atoms with Gasteiger partial charge >= 0.3 is 5.97 Å². The third-order valence-corrected chi connectivity index (χ3v) is 2.08. The molecule has 0 amide bonds. The van der Waals surface area contributed by atoms with Crippen LogP contribution in [0.25, 0.3) is 0 Å². The molecular formula is C9H13BrClNO3. The van der Waals surface area contributed by atoms with Gasteiger partial charge in [0, 0.05) is 0 Å². The Bertz CT molecular complexity index is 316. The molecule has 0 unspecified atom stereocenters. The van der Waals surface area contributed by atoms with E-state index < -0.39 is 6.04 Å². The lowest BCUT2D eigenvalue weighted by Gasteiger charge is -2.07. The maximum atomic E-state index is 11.1. The van der Waals surface area contributed by atoms with Crippen LogP contribution in [-0.4, -0.2) is 12.6 Å². The fourth-order valence-electron chi connectivity index (χ4n) is 1.03. The summed E-state index contributed by atoms with van der Waals surface area (Å²) in [6, 6.07) is 3.02. The minimum Gasteiger partial charge on any atom is -0.466 e. The summed E-state index contributed by atoms with van der Waals surface area (Å²) in [4.78, 5) is 11.1. The van der Waals surface area contributed by atoms with E-state index in [-0.39, 0.29) is 24.8 Å². The van der Waals surface area contributed by atoms with Crippen LogP contribution in [0.1, 0.15) is 25.1 Å². The third-order valence-electron chi connectivity index (χ3n) is 1.65. The minimum atomic E-state index is -0.444. The number of carbonyl (C=O) groups excluding carboxylic acids is 1. The summed E-state index contributed by atoms with van der Waals surface area (Å²) in [5.41, 5.74) is 5.72. The summed E-state index contributed by atoms with van der Waals surface area (Å²) in [5, 5.41) is 0. The van der Waals surface area contributed by atoms with Crippen LogP contribution in [0, 0.1) is 0 Å². The summed E-state index contributed by atoms with van der Waals surface area (Å²) in [7, 11) is 0. The van der Waals surface area contributed by atoms with Crippen LogP contribution in [0.2, 0.25) is 0 Å². The Kier molecular flexibility index (Phi) is 6.63. The van der Waals surface area contributed by atoms with Crippen LogP contribution in [0.5, 0.6) is 0 Å². The van der Waals surface area contributed by atoms with E-state index in [0.29, 0.717) is 17.0 Å². The molecule has 0 aliphatic rings. The van der Waals surface area contributed by atoms with Crippen LogP contribution in [-0.2, 0) is 9.53 Å². The Hall–Kier alpha value is -0.520. The average Bonchev–Trinajstić information content (AvgIpc) is 2.52. The highest BCUT2D eigenvalue weighted by Crippen LogP contribution is 2.21. The van der Waals surface area contributed by atoms with Crippen molar-refractivity contribution in [2.45, 2.75) is 19.4 Å².